The largest absolute Gasteiger partial charge is 0.467 e. The van der Waals surface area contributed by atoms with Gasteiger partial charge in [-0.3, -0.25) is 4.79 Å². The number of methoxy groups -OCH3 is 1. The Bertz CT molecular complexity index is 441. The highest BCUT2D eigenvalue weighted by Crippen LogP contribution is 2.33. The molecule has 1 aliphatic rings. The molecule has 1 aromatic rings. The number of ether oxygens (including phenoxy) is 1. The van der Waals surface area contributed by atoms with Crippen molar-refractivity contribution in [1.82, 2.24) is 15.3 Å². The van der Waals surface area contributed by atoms with Crippen LogP contribution in [0.2, 0.25) is 0 Å². The van der Waals surface area contributed by atoms with Gasteiger partial charge < -0.3 is 10.1 Å². The molecule has 1 heterocycles. The van der Waals surface area contributed by atoms with Crippen molar-refractivity contribution in [2.45, 2.75) is 37.6 Å². The lowest BCUT2D eigenvalue weighted by atomic mass is 9.92. The lowest BCUT2D eigenvalue weighted by Gasteiger charge is -2.28. The van der Waals surface area contributed by atoms with Crippen LogP contribution in [0, 0.1) is 0 Å². The summed E-state index contributed by atoms with van der Waals surface area (Å²) in [5.74, 6) is -2.94. The smallest absolute Gasteiger partial charge is 0.316 e. The summed E-state index contributed by atoms with van der Waals surface area (Å²) in [5.41, 5.74) is 0.290. The SMILES string of the molecule is COc1ncc(C(=O)NC2CCC(F)(F)CC2)cn1. The van der Waals surface area contributed by atoms with E-state index in [4.69, 9.17) is 4.74 Å². The van der Waals surface area contributed by atoms with E-state index in [1.54, 1.807) is 0 Å². The lowest BCUT2D eigenvalue weighted by Crippen LogP contribution is -2.40. The van der Waals surface area contributed by atoms with Crippen LogP contribution in [-0.4, -0.2) is 34.9 Å². The van der Waals surface area contributed by atoms with Gasteiger partial charge in [0.1, 0.15) is 0 Å². The molecule has 19 heavy (non-hydrogen) atoms. The number of alkyl halides is 2. The molecule has 1 aromatic heterocycles. The van der Waals surface area contributed by atoms with Gasteiger partial charge in [0.05, 0.1) is 12.7 Å². The van der Waals surface area contributed by atoms with Crippen molar-refractivity contribution in [3.05, 3.63) is 18.0 Å². The van der Waals surface area contributed by atoms with Crippen LogP contribution in [0.25, 0.3) is 0 Å². The Morgan fingerprint density at radius 1 is 1.37 bits per heavy atom. The van der Waals surface area contributed by atoms with Crippen molar-refractivity contribution in [2.24, 2.45) is 0 Å². The third-order valence-corrected chi connectivity index (χ3v) is 3.13. The first-order chi connectivity index (χ1) is 9.00. The third kappa shape index (κ3) is 3.59. The molecule has 0 radical (unpaired) electrons. The maximum absolute atomic E-state index is 13.0. The zero-order valence-corrected chi connectivity index (χ0v) is 10.5. The number of hydrogen-bond donors (Lipinski definition) is 1. The highest BCUT2D eigenvalue weighted by molar-refractivity contribution is 5.93. The Labute approximate surface area is 109 Å². The molecule has 7 heteroatoms. The maximum Gasteiger partial charge on any atom is 0.316 e. The zero-order valence-electron chi connectivity index (χ0n) is 10.5. The van der Waals surface area contributed by atoms with Crippen molar-refractivity contribution < 1.29 is 18.3 Å². The van der Waals surface area contributed by atoms with E-state index in [9.17, 15) is 13.6 Å². The molecular formula is C12H15F2N3O2. The highest BCUT2D eigenvalue weighted by atomic mass is 19.3. The summed E-state index contributed by atoms with van der Waals surface area (Å²) in [6.07, 6.45) is 2.90. The van der Waals surface area contributed by atoms with Gasteiger partial charge in [0, 0.05) is 31.3 Å². The van der Waals surface area contributed by atoms with Crippen molar-refractivity contribution >= 4 is 5.91 Å². The summed E-state index contributed by atoms with van der Waals surface area (Å²) in [6, 6.07) is -0.0388. The van der Waals surface area contributed by atoms with E-state index < -0.39 is 5.92 Å². The zero-order chi connectivity index (χ0) is 13.9. The molecule has 1 saturated carbocycles. The highest BCUT2D eigenvalue weighted by Gasteiger charge is 2.35. The molecule has 2 rings (SSSR count). The van der Waals surface area contributed by atoms with Crippen LogP contribution in [0.5, 0.6) is 6.01 Å². The second kappa shape index (κ2) is 5.46. The Morgan fingerprint density at radius 2 is 1.95 bits per heavy atom. The predicted octanol–water partition coefficient (Wildman–Crippen LogP) is 1.79. The lowest BCUT2D eigenvalue weighted by molar-refractivity contribution is -0.0399. The molecule has 1 amide bonds. The van der Waals surface area contributed by atoms with Crippen molar-refractivity contribution in [3.63, 3.8) is 0 Å². The molecule has 0 spiro atoms. The van der Waals surface area contributed by atoms with E-state index >= 15 is 0 Å². The number of nitrogens with zero attached hydrogens (tertiary/aromatic N) is 2. The fourth-order valence-electron chi connectivity index (χ4n) is 1.99. The fourth-order valence-corrected chi connectivity index (χ4v) is 1.99. The Kier molecular flexibility index (Phi) is 3.92. The van der Waals surface area contributed by atoms with E-state index in [1.807, 2.05) is 0 Å². The molecule has 1 aliphatic carbocycles. The van der Waals surface area contributed by atoms with Gasteiger partial charge in [0.2, 0.25) is 5.92 Å². The first kappa shape index (κ1) is 13.6. The molecule has 5 nitrogen and oxygen atoms in total. The van der Waals surface area contributed by atoms with Gasteiger partial charge in [-0.1, -0.05) is 0 Å². The van der Waals surface area contributed by atoms with Crippen LogP contribution in [0.1, 0.15) is 36.0 Å². The maximum atomic E-state index is 13.0. The second-order valence-electron chi connectivity index (χ2n) is 4.56. The van der Waals surface area contributed by atoms with Crippen LogP contribution in [0.3, 0.4) is 0 Å². The number of hydrogen-bond acceptors (Lipinski definition) is 4. The molecule has 0 unspecified atom stereocenters. The van der Waals surface area contributed by atoms with Crippen LogP contribution in [0.4, 0.5) is 8.78 Å². The number of aromatic nitrogens is 2. The minimum Gasteiger partial charge on any atom is -0.467 e. The van der Waals surface area contributed by atoms with Gasteiger partial charge in [-0.25, -0.2) is 18.7 Å². The van der Waals surface area contributed by atoms with Crippen molar-refractivity contribution in [3.8, 4) is 6.01 Å². The molecule has 104 valence electrons. The Hall–Kier alpha value is -1.79. The Balaban J connectivity index is 1.90. The van der Waals surface area contributed by atoms with E-state index in [0.717, 1.165) is 0 Å². The van der Waals surface area contributed by atoms with Gasteiger partial charge in [-0.15, -0.1) is 0 Å². The summed E-state index contributed by atoms with van der Waals surface area (Å²) < 4.78 is 30.7. The molecular weight excluding hydrogens is 256 g/mol. The van der Waals surface area contributed by atoms with Crippen LogP contribution < -0.4 is 10.1 Å². The Morgan fingerprint density at radius 3 is 2.47 bits per heavy atom. The normalized spacial score (nSPS) is 18.9. The van der Waals surface area contributed by atoms with E-state index in [-0.39, 0.29) is 49.2 Å². The van der Waals surface area contributed by atoms with Crippen molar-refractivity contribution in [1.29, 1.82) is 0 Å². The summed E-state index contributed by atoms with van der Waals surface area (Å²) >= 11 is 0. The monoisotopic (exact) mass is 271 g/mol. The topological polar surface area (TPSA) is 64.1 Å². The first-order valence-electron chi connectivity index (χ1n) is 6.05. The predicted molar refractivity (Wildman–Crippen MR) is 63.3 cm³/mol. The number of rotatable bonds is 3. The number of carbonyl (C=O) groups is 1. The van der Waals surface area contributed by atoms with E-state index in [2.05, 4.69) is 15.3 Å². The number of amides is 1. The average molecular weight is 271 g/mol. The standard InChI is InChI=1S/C12H15F2N3O2/c1-19-11-15-6-8(7-16-11)10(18)17-9-2-4-12(13,14)5-3-9/h6-7,9H,2-5H2,1H3,(H,17,18). The molecule has 0 saturated heterocycles. The minimum absolute atomic E-state index is 0.175. The van der Waals surface area contributed by atoms with Gasteiger partial charge >= 0.3 is 6.01 Å². The molecule has 0 aromatic carbocycles. The van der Waals surface area contributed by atoms with Gasteiger partial charge in [-0.2, -0.15) is 0 Å². The van der Waals surface area contributed by atoms with E-state index in [0.29, 0.717) is 0 Å². The van der Waals surface area contributed by atoms with Crippen LogP contribution in [0.15, 0.2) is 12.4 Å². The van der Waals surface area contributed by atoms with Crippen LogP contribution in [-0.2, 0) is 0 Å². The molecule has 1 fully saturated rings. The van der Waals surface area contributed by atoms with Crippen LogP contribution >= 0.6 is 0 Å². The number of nitrogens with one attached hydrogen (secondary N) is 1. The van der Waals surface area contributed by atoms with Gasteiger partial charge in [-0.05, 0) is 12.8 Å². The second-order valence-corrected chi connectivity index (χ2v) is 4.56. The third-order valence-electron chi connectivity index (χ3n) is 3.13. The molecule has 0 atom stereocenters. The summed E-state index contributed by atoms with van der Waals surface area (Å²) in [5, 5.41) is 2.72. The summed E-state index contributed by atoms with van der Waals surface area (Å²) in [7, 11) is 1.43. The average Bonchev–Trinajstić information content (AvgIpc) is 2.41. The quantitative estimate of drug-likeness (QED) is 0.910. The number of carbonyl (C=O) groups excluding carboxylic acids is 1. The molecule has 0 bridgehead atoms. The van der Waals surface area contributed by atoms with Crippen molar-refractivity contribution in [2.75, 3.05) is 7.11 Å². The summed E-state index contributed by atoms with van der Waals surface area (Å²) in [6.45, 7) is 0. The minimum atomic E-state index is -2.59. The molecule has 1 N–H and O–H groups in total. The van der Waals surface area contributed by atoms with Gasteiger partial charge in [0.15, 0.2) is 0 Å². The van der Waals surface area contributed by atoms with Gasteiger partial charge in [0.25, 0.3) is 5.91 Å². The fraction of sp³-hybridized carbons (Fsp3) is 0.583. The first-order valence-corrected chi connectivity index (χ1v) is 6.05. The molecule has 0 aliphatic heterocycles. The summed E-state index contributed by atoms with van der Waals surface area (Å²) in [4.78, 5) is 19.5. The van der Waals surface area contributed by atoms with E-state index in [1.165, 1.54) is 19.5 Å². The number of halogens is 2.